The van der Waals surface area contributed by atoms with E-state index in [4.69, 9.17) is 5.11 Å². The molecule has 3 heteroatoms. The van der Waals surface area contributed by atoms with Crippen LogP contribution in [0.25, 0.3) is 10.8 Å². The Hall–Kier alpha value is -2.03. The minimum atomic E-state index is -0.887. The van der Waals surface area contributed by atoms with Crippen molar-refractivity contribution in [3.63, 3.8) is 0 Å². The van der Waals surface area contributed by atoms with Crippen LogP contribution in [0.4, 0.5) is 5.69 Å². The van der Waals surface area contributed by atoms with E-state index in [1.807, 2.05) is 43.3 Å². The van der Waals surface area contributed by atoms with E-state index >= 15 is 0 Å². The maximum atomic E-state index is 11.1. The molecule has 0 saturated carbocycles. The van der Waals surface area contributed by atoms with E-state index in [0.29, 0.717) is 5.56 Å². The molecule has 2 aromatic rings. The molecule has 0 amide bonds. The maximum Gasteiger partial charge on any atom is 0.336 e. The standard InChI is InChI=1S/C13H13NO2/c1-14(2)10-7-6-9-4-3-5-11(13(15)16)12(9)8-10/h3-8H,1-2H3,(H,15,16). The molecule has 0 aliphatic carbocycles. The van der Waals surface area contributed by atoms with Gasteiger partial charge in [0, 0.05) is 19.8 Å². The molecule has 0 aliphatic rings. The summed E-state index contributed by atoms with van der Waals surface area (Å²) >= 11 is 0. The van der Waals surface area contributed by atoms with Gasteiger partial charge in [-0.15, -0.1) is 0 Å². The van der Waals surface area contributed by atoms with E-state index in [9.17, 15) is 4.79 Å². The van der Waals surface area contributed by atoms with Crippen LogP contribution in [0.3, 0.4) is 0 Å². The number of hydrogen-bond acceptors (Lipinski definition) is 2. The molecule has 0 heterocycles. The second kappa shape index (κ2) is 3.85. The van der Waals surface area contributed by atoms with Gasteiger partial charge in [0.2, 0.25) is 0 Å². The molecule has 0 fully saturated rings. The molecular formula is C13H13NO2. The van der Waals surface area contributed by atoms with E-state index in [2.05, 4.69) is 0 Å². The minimum Gasteiger partial charge on any atom is -0.478 e. The van der Waals surface area contributed by atoms with Crippen molar-refractivity contribution >= 4 is 22.4 Å². The maximum absolute atomic E-state index is 11.1. The van der Waals surface area contributed by atoms with Crippen LogP contribution in [0.2, 0.25) is 0 Å². The Kier molecular flexibility index (Phi) is 2.52. The van der Waals surface area contributed by atoms with Gasteiger partial charge in [-0.1, -0.05) is 18.2 Å². The van der Waals surface area contributed by atoms with Gasteiger partial charge in [0.05, 0.1) is 5.56 Å². The van der Waals surface area contributed by atoms with E-state index in [-0.39, 0.29) is 0 Å². The van der Waals surface area contributed by atoms with Gasteiger partial charge in [-0.3, -0.25) is 0 Å². The van der Waals surface area contributed by atoms with Crippen molar-refractivity contribution in [2.75, 3.05) is 19.0 Å². The lowest BCUT2D eigenvalue weighted by Gasteiger charge is -2.13. The largest absolute Gasteiger partial charge is 0.478 e. The lowest BCUT2D eigenvalue weighted by Crippen LogP contribution is -2.08. The summed E-state index contributed by atoms with van der Waals surface area (Å²) in [5.41, 5.74) is 1.35. The number of aromatic carboxylic acids is 1. The Labute approximate surface area is 93.9 Å². The molecule has 0 radical (unpaired) electrons. The number of rotatable bonds is 2. The molecule has 0 aliphatic heterocycles. The van der Waals surface area contributed by atoms with Gasteiger partial charge in [-0.25, -0.2) is 4.79 Å². The van der Waals surface area contributed by atoms with Crippen LogP contribution in [0.5, 0.6) is 0 Å². The quantitative estimate of drug-likeness (QED) is 0.837. The van der Waals surface area contributed by atoms with E-state index in [0.717, 1.165) is 16.5 Å². The zero-order valence-electron chi connectivity index (χ0n) is 9.27. The average molecular weight is 215 g/mol. The zero-order chi connectivity index (χ0) is 11.7. The number of benzene rings is 2. The Bertz CT molecular complexity index is 547. The topological polar surface area (TPSA) is 40.5 Å². The Morgan fingerprint density at radius 3 is 2.56 bits per heavy atom. The number of carbonyl (C=O) groups is 1. The summed E-state index contributed by atoms with van der Waals surface area (Å²) in [6.07, 6.45) is 0. The molecule has 0 unspecified atom stereocenters. The summed E-state index contributed by atoms with van der Waals surface area (Å²) in [6, 6.07) is 11.1. The summed E-state index contributed by atoms with van der Waals surface area (Å²) in [7, 11) is 3.87. The summed E-state index contributed by atoms with van der Waals surface area (Å²) in [6.45, 7) is 0. The SMILES string of the molecule is CN(C)c1ccc2cccc(C(=O)O)c2c1. The lowest BCUT2D eigenvalue weighted by molar-refractivity contribution is 0.0699. The number of carboxylic acids is 1. The number of nitrogens with zero attached hydrogens (tertiary/aromatic N) is 1. The Morgan fingerprint density at radius 1 is 1.19 bits per heavy atom. The average Bonchev–Trinajstić information content (AvgIpc) is 2.27. The predicted molar refractivity (Wildman–Crippen MR) is 65.2 cm³/mol. The third-order valence-corrected chi connectivity index (χ3v) is 2.61. The first-order chi connectivity index (χ1) is 7.59. The van der Waals surface area contributed by atoms with Gasteiger partial charge < -0.3 is 10.0 Å². The second-order valence-electron chi connectivity index (χ2n) is 3.91. The van der Waals surface area contributed by atoms with Gasteiger partial charge in [0.1, 0.15) is 0 Å². The van der Waals surface area contributed by atoms with Crippen LogP contribution < -0.4 is 4.90 Å². The first-order valence-electron chi connectivity index (χ1n) is 5.03. The highest BCUT2D eigenvalue weighted by Gasteiger charge is 2.08. The van der Waals surface area contributed by atoms with Crippen LogP contribution in [0, 0.1) is 0 Å². The second-order valence-corrected chi connectivity index (χ2v) is 3.91. The molecule has 2 aromatic carbocycles. The molecule has 82 valence electrons. The number of fused-ring (bicyclic) bond motifs is 1. The van der Waals surface area contributed by atoms with Gasteiger partial charge in [-0.05, 0) is 29.0 Å². The van der Waals surface area contributed by atoms with Crippen LogP contribution in [0.15, 0.2) is 36.4 Å². The van der Waals surface area contributed by atoms with Crippen molar-refractivity contribution < 1.29 is 9.90 Å². The molecule has 16 heavy (non-hydrogen) atoms. The molecular weight excluding hydrogens is 202 g/mol. The third kappa shape index (κ3) is 1.72. The zero-order valence-corrected chi connectivity index (χ0v) is 9.27. The summed E-state index contributed by atoms with van der Waals surface area (Å²) in [4.78, 5) is 13.0. The van der Waals surface area contributed by atoms with Gasteiger partial charge in [-0.2, -0.15) is 0 Å². The van der Waals surface area contributed by atoms with Crippen LogP contribution >= 0.6 is 0 Å². The van der Waals surface area contributed by atoms with Crippen LogP contribution in [-0.4, -0.2) is 25.2 Å². The fourth-order valence-electron chi connectivity index (χ4n) is 1.73. The highest BCUT2D eigenvalue weighted by Crippen LogP contribution is 2.24. The van der Waals surface area contributed by atoms with Crippen molar-refractivity contribution in [3.05, 3.63) is 42.0 Å². The summed E-state index contributed by atoms with van der Waals surface area (Å²) in [5.74, 6) is -0.887. The molecule has 0 atom stereocenters. The molecule has 0 aromatic heterocycles. The van der Waals surface area contributed by atoms with Gasteiger partial charge in [0.25, 0.3) is 0 Å². The smallest absolute Gasteiger partial charge is 0.336 e. The van der Waals surface area contributed by atoms with Gasteiger partial charge in [0.15, 0.2) is 0 Å². The Morgan fingerprint density at radius 2 is 1.94 bits per heavy atom. The monoisotopic (exact) mass is 215 g/mol. The lowest BCUT2D eigenvalue weighted by atomic mass is 10.0. The van der Waals surface area contributed by atoms with Gasteiger partial charge >= 0.3 is 5.97 Å². The first kappa shape index (κ1) is 10.5. The molecule has 3 nitrogen and oxygen atoms in total. The third-order valence-electron chi connectivity index (χ3n) is 2.61. The predicted octanol–water partition coefficient (Wildman–Crippen LogP) is 2.60. The van der Waals surface area contributed by atoms with E-state index < -0.39 is 5.97 Å². The van der Waals surface area contributed by atoms with Crippen molar-refractivity contribution in [1.29, 1.82) is 0 Å². The van der Waals surface area contributed by atoms with Crippen LogP contribution in [-0.2, 0) is 0 Å². The highest BCUT2D eigenvalue weighted by molar-refractivity contribution is 6.04. The summed E-state index contributed by atoms with van der Waals surface area (Å²) < 4.78 is 0. The van der Waals surface area contributed by atoms with E-state index in [1.165, 1.54) is 0 Å². The van der Waals surface area contributed by atoms with Crippen molar-refractivity contribution in [3.8, 4) is 0 Å². The van der Waals surface area contributed by atoms with Crippen molar-refractivity contribution in [1.82, 2.24) is 0 Å². The molecule has 0 bridgehead atoms. The van der Waals surface area contributed by atoms with Crippen molar-refractivity contribution in [2.24, 2.45) is 0 Å². The van der Waals surface area contributed by atoms with Crippen molar-refractivity contribution in [2.45, 2.75) is 0 Å². The highest BCUT2D eigenvalue weighted by atomic mass is 16.4. The normalized spacial score (nSPS) is 10.4. The fourth-order valence-corrected chi connectivity index (χ4v) is 1.73. The van der Waals surface area contributed by atoms with Crippen LogP contribution in [0.1, 0.15) is 10.4 Å². The minimum absolute atomic E-state index is 0.348. The first-order valence-corrected chi connectivity index (χ1v) is 5.03. The number of hydrogen-bond donors (Lipinski definition) is 1. The molecule has 0 spiro atoms. The molecule has 2 rings (SSSR count). The molecule has 0 saturated heterocycles. The number of anilines is 1. The summed E-state index contributed by atoms with van der Waals surface area (Å²) in [5, 5.41) is 10.8. The Balaban J connectivity index is 2.73. The molecule has 1 N–H and O–H groups in total. The number of carboxylic acid groups (broad SMARTS) is 1. The fraction of sp³-hybridized carbons (Fsp3) is 0.154. The van der Waals surface area contributed by atoms with E-state index in [1.54, 1.807) is 12.1 Å².